The van der Waals surface area contributed by atoms with E-state index >= 15 is 0 Å². The van der Waals surface area contributed by atoms with E-state index in [1.165, 1.54) is 0 Å². The van der Waals surface area contributed by atoms with E-state index < -0.39 is 0 Å². The first-order valence-electron chi connectivity index (χ1n) is 7.16. The Bertz CT molecular complexity index is 592. The van der Waals surface area contributed by atoms with E-state index in [2.05, 4.69) is 15.6 Å². The lowest BCUT2D eigenvalue weighted by atomic mass is 10.2. The number of benzene rings is 1. The number of hydrogen-bond donors (Lipinski definition) is 2. The Kier molecular flexibility index (Phi) is 5.51. The number of fused-ring (bicyclic) bond motifs is 1. The van der Waals surface area contributed by atoms with Gasteiger partial charge in [-0.1, -0.05) is 18.2 Å². The highest BCUT2D eigenvalue weighted by Gasteiger charge is 2.03. The number of amides is 1. The Hall–Kier alpha value is -2.14. The van der Waals surface area contributed by atoms with Gasteiger partial charge in [0.15, 0.2) is 0 Å². The van der Waals surface area contributed by atoms with E-state index in [-0.39, 0.29) is 5.91 Å². The number of aromatic nitrogens is 1. The predicted molar refractivity (Wildman–Crippen MR) is 86.4 cm³/mol. The van der Waals surface area contributed by atoms with E-state index in [4.69, 9.17) is 0 Å². The summed E-state index contributed by atoms with van der Waals surface area (Å²) in [6.45, 7) is 2.14. The molecule has 5 heteroatoms. The van der Waals surface area contributed by atoms with E-state index in [1.54, 1.807) is 6.20 Å². The number of para-hydroxylation sites is 1. The second-order valence-corrected chi connectivity index (χ2v) is 5.21. The molecule has 0 aliphatic rings. The first-order valence-corrected chi connectivity index (χ1v) is 7.16. The molecule has 0 atom stereocenters. The van der Waals surface area contributed by atoms with Crippen LogP contribution in [0.2, 0.25) is 0 Å². The van der Waals surface area contributed by atoms with Gasteiger partial charge in [-0.25, -0.2) is 0 Å². The van der Waals surface area contributed by atoms with Crippen molar-refractivity contribution in [1.29, 1.82) is 0 Å². The number of pyridine rings is 1. The van der Waals surface area contributed by atoms with Gasteiger partial charge >= 0.3 is 0 Å². The molecule has 21 heavy (non-hydrogen) atoms. The number of nitrogens with zero attached hydrogens (tertiary/aromatic N) is 2. The van der Waals surface area contributed by atoms with Gasteiger partial charge < -0.3 is 15.5 Å². The maximum absolute atomic E-state index is 11.7. The van der Waals surface area contributed by atoms with Gasteiger partial charge in [0.1, 0.15) is 0 Å². The summed E-state index contributed by atoms with van der Waals surface area (Å²) in [4.78, 5) is 18.1. The smallest absolute Gasteiger partial charge is 0.221 e. The number of hydrogen-bond acceptors (Lipinski definition) is 4. The van der Waals surface area contributed by atoms with Crippen LogP contribution < -0.4 is 10.6 Å². The maximum Gasteiger partial charge on any atom is 0.221 e. The molecule has 0 aliphatic carbocycles. The van der Waals surface area contributed by atoms with Crippen molar-refractivity contribution in [2.45, 2.75) is 6.42 Å². The van der Waals surface area contributed by atoms with Gasteiger partial charge in [-0.2, -0.15) is 0 Å². The van der Waals surface area contributed by atoms with Crippen molar-refractivity contribution in [3.05, 3.63) is 36.5 Å². The average Bonchev–Trinajstić information content (AvgIpc) is 2.47. The minimum absolute atomic E-state index is 0.0672. The number of likely N-dealkylation sites (N-methyl/N-ethyl adjacent to an activating group) is 1. The number of anilines is 1. The number of rotatable bonds is 7. The van der Waals surface area contributed by atoms with Crippen LogP contribution in [0.25, 0.3) is 10.9 Å². The molecule has 112 valence electrons. The highest BCUT2D eigenvalue weighted by Crippen LogP contribution is 2.20. The van der Waals surface area contributed by atoms with E-state index in [9.17, 15) is 4.79 Å². The van der Waals surface area contributed by atoms with Gasteiger partial charge in [-0.05, 0) is 26.2 Å². The van der Waals surface area contributed by atoms with E-state index in [1.807, 2.05) is 49.3 Å². The molecule has 2 rings (SSSR count). The molecule has 0 fully saturated rings. The van der Waals surface area contributed by atoms with Crippen molar-refractivity contribution in [2.75, 3.05) is 39.0 Å². The summed E-state index contributed by atoms with van der Waals surface area (Å²) in [5.41, 5.74) is 1.90. The monoisotopic (exact) mass is 286 g/mol. The van der Waals surface area contributed by atoms with E-state index in [0.29, 0.717) is 19.5 Å². The van der Waals surface area contributed by atoms with Crippen molar-refractivity contribution in [3.63, 3.8) is 0 Å². The van der Waals surface area contributed by atoms with Crippen LogP contribution in [0.15, 0.2) is 36.5 Å². The van der Waals surface area contributed by atoms with Crippen LogP contribution in [0.3, 0.4) is 0 Å². The Balaban J connectivity index is 1.81. The third-order valence-electron chi connectivity index (χ3n) is 3.18. The molecule has 1 aromatic carbocycles. The zero-order valence-corrected chi connectivity index (χ0v) is 12.6. The Morgan fingerprint density at radius 3 is 2.81 bits per heavy atom. The van der Waals surface area contributed by atoms with Crippen molar-refractivity contribution in [3.8, 4) is 0 Å². The number of carbonyl (C=O) groups is 1. The summed E-state index contributed by atoms with van der Waals surface area (Å²) in [5, 5.41) is 7.28. The molecule has 0 aliphatic heterocycles. The maximum atomic E-state index is 11.7. The molecular formula is C16H22N4O. The van der Waals surface area contributed by atoms with Crippen molar-refractivity contribution < 1.29 is 4.79 Å². The van der Waals surface area contributed by atoms with Crippen molar-refractivity contribution >= 4 is 22.5 Å². The van der Waals surface area contributed by atoms with Crippen LogP contribution in [-0.2, 0) is 4.79 Å². The fourth-order valence-corrected chi connectivity index (χ4v) is 2.06. The second kappa shape index (κ2) is 7.59. The van der Waals surface area contributed by atoms with Crippen LogP contribution in [0, 0.1) is 0 Å². The summed E-state index contributed by atoms with van der Waals surface area (Å²) in [6, 6.07) is 9.95. The number of carbonyl (C=O) groups excluding carboxylic acids is 1. The minimum Gasteiger partial charge on any atom is -0.383 e. The molecule has 1 heterocycles. The molecule has 0 radical (unpaired) electrons. The minimum atomic E-state index is 0.0672. The lowest BCUT2D eigenvalue weighted by Gasteiger charge is -2.11. The lowest BCUT2D eigenvalue weighted by Crippen LogP contribution is -2.32. The first-order chi connectivity index (χ1) is 10.2. The summed E-state index contributed by atoms with van der Waals surface area (Å²) >= 11 is 0. The van der Waals surface area contributed by atoms with Gasteiger partial charge in [0.05, 0.1) is 11.2 Å². The van der Waals surface area contributed by atoms with Gasteiger partial charge in [0.25, 0.3) is 0 Å². The first kappa shape index (κ1) is 15.3. The predicted octanol–water partition coefficient (Wildman–Crippen LogP) is 1.71. The van der Waals surface area contributed by atoms with Crippen LogP contribution in [0.4, 0.5) is 5.69 Å². The summed E-state index contributed by atoms with van der Waals surface area (Å²) < 4.78 is 0. The third-order valence-corrected chi connectivity index (χ3v) is 3.18. The quantitative estimate of drug-likeness (QED) is 0.813. The van der Waals surface area contributed by atoms with Crippen molar-refractivity contribution in [1.82, 2.24) is 15.2 Å². The Morgan fingerprint density at radius 1 is 1.19 bits per heavy atom. The molecule has 0 bridgehead atoms. The summed E-state index contributed by atoms with van der Waals surface area (Å²) in [5.74, 6) is 0.0672. The topological polar surface area (TPSA) is 57.3 Å². The molecule has 2 N–H and O–H groups in total. The molecule has 5 nitrogen and oxygen atoms in total. The molecule has 0 saturated heterocycles. The Morgan fingerprint density at radius 2 is 2.00 bits per heavy atom. The molecule has 0 spiro atoms. The van der Waals surface area contributed by atoms with Gasteiger partial charge in [0, 0.05) is 37.6 Å². The summed E-state index contributed by atoms with van der Waals surface area (Å²) in [6.07, 6.45) is 2.23. The fourth-order valence-electron chi connectivity index (χ4n) is 2.06. The third kappa shape index (κ3) is 4.72. The molecule has 0 saturated carbocycles. The average molecular weight is 286 g/mol. The number of nitrogens with one attached hydrogen (secondary N) is 2. The van der Waals surface area contributed by atoms with Gasteiger partial charge in [-0.3, -0.25) is 9.78 Å². The van der Waals surface area contributed by atoms with Crippen LogP contribution in [-0.4, -0.2) is 49.5 Å². The lowest BCUT2D eigenvalue weighted by molar-refractivity contribution is -0.120. The fraction of sp³-hybridized carbons (Fsp3) is 0.375. The molecule has 1 aromatic heterocycles. The Labute approximate surface area is 125 Å². The zero-order chi connectivity index (χ0) is 15.1. The van der Waals surface area contributed by atoms with E-state index in [0.717, 1.165) is 23.1 Å². The second-order valence-electron chi connectivity index (χ2n) is 5.21. The van der Waals surface area contributed by atoms with Crippen LogP contribution in [0.5, 0.6) is 0 Å². The van der Waals surface area contributed by atoms with Crippen LogP contribution >= 0.6 is 0 Å². The van der Waals surface area contributed by atoms with Gasteiger partial charge in [-0.15, -0.1) is 0 Å². The van der Waals surface area contributed by atoms with Crippen LogP contribution in [0.1, 0.15) is 6.42 Å². The molecular weight excluding hydrogens is 264 g/mol. The standard InChI is InChI=1S/C16H22N4O/c1-20(2)12-11-18-15(21)8-10-17-14-7-3-5-13-6-4-9-19-16(13)14/h3-7,9,17H,8,10-12H2,1-2H3,(H,18,21). The molecule has 2 aromatic rings. The highest BCUT2D eigenvalue weighted by molar-refractivity contribution is 5.90. The zero-order valence-electron chi connectivity index (χ0n) is 12.6. The van der Waals surface area contributed by atoms with Gasteiger partial charge in [0.2, 0.25) is 5.91 Å². The van der Waals surface area contributed by atoms with Crippen molar-refractivity contribution in [2.24, 2.45) is 0 Å². The highest BCUT2D eigenvalue weighted by atomic mass is 16.1. The molecule has 0 unspecified atom stereocenters. The largest absolute Gasteiger partial charge is 0.383 e. The SMILES string of the molecule is CN(C)CCNC(=O)CCNc1cccc2cccnc12. The summed E-state index contributed by atoms with van der Waals surface area (Å²) in [7, 11) is 3.97. The molecule has 1 amide bonds. The normalized spacial score (nSPS) is 10.8.